The topological polar surface area (TPSA) is 70.3 Å². The third-order valence-corrected chi connectivity index (χ3v) is 9.35. The fourth-order valence-corrected chi connectivity index (χ4v) is 7.11. The molecule has 3 fully saturated rings. The smallest absolute Gasteiger partial charge is 0.380 e. The van der Waals surface area contributed by atoms with Crippen LogP contribution in [0.1, 0.15) is 60.9 Å². The van der Waals surface area contributed by atoms with Gasteiger partial charge in [0.1, 0.15) is 17.3 Å². The van der Waals surface area contributed by atoms with Gasteiger partial charge in [0, 0.05) is 54.9 Å². The van der Waals surface area contributed by atoms with Gasteiger partial charge in [-0.15, -0.1) is 10.2 Å². The number of benzene rings is 1. The molecule has 41 heavy (non-hydrogen) atoms. The Hall–Kier alpha value is -2.90. The highest BCUT2D eigenvalue weighted by molar-refractivity contribution is 6.30. The molecule has 1 N–H and O–H groups in total. The minimum atomic E-state index is -4.68. The fourth-order valence-electron chi connectivity index (χ4n) is 6.91. The van der Waals surface area contributed by atoms with E-state index in [1.807, 2.05) is 20.4 Å². The molecule has 2 aliphatic heterocycles. The highest BCUT2D eigenvalue weighted by atomic mass is 35.5. The molecule has 2 aromatic heterocycles. The Morgan fingerprint density at radius 3 is 2.41 bits per heavy atom. The Balaban J connectivity index is 1.10. The maximum Gasteiger partial charge on any atom is 0.417 e. The number of hydrogen-bond acceptors (Lipinski definition) is 6. The zero-order chi connectivity index (χ0) is 28.9. The SMILES string of the molecule is OC1(C(F)(F)F)CC(N2Cc3cc(Cl)ccc3-n3c(nnc3C3CC4(C3)CN(c3ccc(F)c(C(F)F)n3)C4)C2)C1. The van der Waals surface area contributed by atoms with Gasteiger partial charge in [0.15, 0.2) is 17.2 Å². The molecular weight excluding hydrogens is 574 g/mol. The first-order chi connectivity index (χ1) is 19.3. The van der Waals surface area contributed by atoms with E-state index in [9.17, 15) is 31.4 Å². The second-order valence-corrected chi connectivity index (χ2v) is 12.3. The number of halogens is 7. The highest BCUT2D eigenvalue weighted by Gasteiger charge is 2.62. The maximum atomic E-state index is 13.7. The molecule has 7 rings (SSSR count). The summed E-state index contributed by atoms with van der Waals surface area (Å²) in [5, 5.41) is 19.5. The van der Waals surface area contributed by atoms with Gasteiger partial charge in [0.25, 0.3) is 6.43 Å². The van der Waals surface area contributed by atoms with Gasteiger partial charge in [-0.25, -0.2) is 18.2 Å². The summed E-state index contributed by atoms with van der Waals surface area (Å²) < 4.78 is 81.7. The van der Waals surface area contributed by atoms with E-state index < -0.39 is 48.6 Å². The van der Waals surface area contributed by atoms with E-state index >= 15 is 0 Å². The molecule has 0 unspecified atom stereocenters. The lowest BCUT2D eigenvalue weighted by atomic mass is 9.57. The van der Waals surface area contributed by atoms with Crippen LogP contribution >= 0.6 is 11.6 Å². The predicted molar refractivity (Wildman–Crippen MR) is 135 cm³/mol. The van der Waals surface area contributed by atoms with Gasteiger partial charge < -0.3 is 10.0 Å². The molecule has 2 aliphatic carbocycles. The average Bonchev–Trinajstić information content (AvgIpc) is 3.15. The number of nitrogens with zero attached hydrogens (tertiary/aromatic N) is 6. The van der Waals surface area contributed by atoms with E-state index in [4.69, 9.17) is 11.6 Å². The monoisotopic (exact) mass is 598 g/mol. The standard InChI is InChI=1S/C27H25ClF6N6O/c28-16-1-3-19-14(5-16)10-38(17-8-26(41,9-17)27(32,33)34)11-21-36-37-24(40(19)21)15-6-25(7-15)12-39(13-25)20-4-2-18(29)22(35-20)23(30)31/h1-5,15,17,23,41H,6-13H2. The third-order valence-electron chi connectivity index (χ3n) is 9.11. The molecule has 0 bridgehead atoms. The normalized spacial score (nSPS) is 25.8. The summed E-state index contributed by atoms with van der Waals surface area (Å²) in [5.74, 6) is 0.741. The van der Waals surface area contributed by atoms with Crippen molar-refractivity contribution < 1.29 is 31.4 Å². The Kier molecular flexibility index (Phi) is 5.95. The van der Waals surface area contributed by atoms with Crippen molar-refractivity contribution in [2.75, 3.05) is 18.0 Å². The second-order valence-electron chi connectivity index (χ2n) is 11.9. The lowest BCUT2D eigenvalue weighted by Crippen LogP contribution is -2.62. The predicted octanol–water partition coefficient (Wildman–Crippen LogP) is 5.55. The van der Waals surface area contributed by atoms with Crippen molar-refractivity contribution in [3.8, 4) is 5.69 Å². The summed E-state index contributed by atoms with van der Waals surface area (Å²) in [6.07, 6.45) is -6.90. The molecule has 218 valence electrons. The first-order valence-electron chi connectivity index (χ1n) is 13.3. The number of anilines is 1. The molecule has 0 radical (unpaired) electrons. The summed E-state index contributed by atoms with van der Waals surface area (Å²) >= 11 is 6.30. The van der Waals surface area contributed by atoms with Crippen molar-refractivity contribution in [3.05, 3.63) is 64.1 Å². The average molecular weight is 599 g/mol. The molecule has 14 heteroatoms. The van der Waals surface area contributed by atoms with Crippen LogP contribution in [0.15, 0.2) is 30.3 Å². The summed E-state index contributed by atoms with van der Waals surface area (Å²) in [5.41, 5.74) is -1.91. The number of alkyl halides is 5. The number of aromatic nitrogens is 4. The molecule has 4 heterocycles. The Morgan fingerprint density at radius 2 is 1.73 bits per heavy atom. The molecule has 4 aliphatic rings. The molecular formula is C27H25ClF6N6O. The van der Waals surface area contributed by atoms with Crippen LogP contribution in [0.5, 0.6) is 0 Å². The van der Waals surface area contributed by atoms with Crippen molar-refractivity contribution in [1.29, 1.82) is 0 Å². The zero-order valence-electron chi connectivity index (χ0n) is 21.6. The summed E-state index contributed by atoms with van der Waals surface area (Å²) in [6.45, 7) is 1.84. The van der Waals surface area contributed by atoms with Gasteiger partial charge in [-0.2, -0.15) is 13.2 Å². The van der Waals surface area contributed by atoms with E-state index in [-0.39, 0.29) is 17.9 Å². The quantitative estimate of drug-likeness (QED) is 0.397. The van der Waals surface area contributed by atoms with Crippen LogP contribution in [0, 0.1) is 11.2 Å². The third kappa shape index (κ3) is 4.30. The Morgan fingerprint density at radius 1 is 1.00 bits per heavy atom. The maximum absolute atomic E-state index is 13.7. The van der Waals surface area contributed by atoms with Crippen molar-refractivity contribution in [1.82, 2.24) is 24.6 Å². The molecule has 1 spiro atoms. The Labute approximate surface area is 235 Å². The van der Waals surface area contributed by atoms with Gasteiger partial charge >= 0.3 is 6.18 Å². The minimum Gasteiger partial charge on any atom is -0.380 e. The van der Waals surface area contributed by atoms with E-state index in [1.165, 1.54) is 6.07 Å². The number of aliphatic hydroxyl groups is 1. The summed E-state index contributed by atoms with van der Waals surface area (Å²) in [4.78, 5) is 7.58. The van der Waals surface area contributed by atoms with Gasteiger partial charge in [-0.3, -0.25) is 9.47 Å². The molecule has 3 aromatic rings. The summed E-state index contributed by atoms with van der Waals surface area (Å²) in [7, 11) is 0. The second kappa shape index (κ2) is 9.05. The van der Waals surface area contributed by atoms with Crippen LogP contribution in [-0.4, -0.2) is 60.7 Å². The van der Waals surface area contributed by atoms with Crippen LogP contribution in [-0.2, 0) is 13.1 Å². The van der Waals surface area contributed by atoms with E-state index in [0.29, 0.717) is 36.3 Å². The van der Waals surface area contributed by atoms with Crippen molar-refractivity contribution >= 4 is 17.4 Å². The zero-order valence-corrected chi connectivity index (χ0v) is 22.3. The molecule has 1 aromatic carbocycles. The van der Waals surface area contributed by atoms with Crippen molar-refractivity contribution in [3.63, 3.8) is 0 Å². The largest absolute Gasteiger partial charge is 0.417 e. The molecule has 7 nitrogen and oxygen atoms in total. The summed E-state index contributed by atoms with van der Waals surface area (Å²) in [6, 6.07) is 7.37. The molecule has 2 saturated carbocycles. The van der Waals surface area contributed by atoms with E-state index in [0.717, 1.165) is 36.0 Å². The van der Waals surface area contributed by atoms with Crippen LogP contribution in [0.3, 0.4) is 0 Å². The molecule has 0 amide bonds. The van der Waals surface area contributed by atoms with Crippen LogP contribution in [0.4, 0.5) is 32.2 Å². The number of hydrogen-bond donors (Lipinski definition) is 1. The molecule has 0 atom stereocenters. The molecule has 1 saturated heterocycles. The highest BCUT2D eigenvalue weighted by Crippen LogP contribution is 2.57. The fraction of sp³-hybridized carbons (Fsp3) is 0.519. The lowest BCUT2D eigenvalue weighted by Gasteiger charge is -2.59. The first-order valence-corrected chi connectivity index (χ1v) is 13.7. The first kappa shape index (κ1) is 27.0. The van der Waals surface area contributed by atoms with Gasteiger partial charge in [0.2, 0.25) is 0 Å². The Bertz CT molecular complexity index is 1510. The van der Waals surface area contributed by atoms with Crippen molar-refractivity contribution in [2.24, 2.45) is 5.41 Å². The minimum absolute atomic E-state index is 0.0360. The lowest BCUT2D eigenvalue weighted by molar-refractivity contribution is -0.300. The van der Waals surface area contributed by atoms with Crippen LogP contribution in [0.2, 0.25) is 5.02 Å². The van der Waals surface area contributed by atoms with Crippen LogP contribution in [0.25, 0.3) is 5.69 Å². The van der Waals surface area contributed by atoms with E-state index in [1.54, 1.807) is 12.1 Å². The number of pyridine rings is 1. The number of fused-ring (bicyclic) bond motifs is 3. The number of rotatable bonds is 4. The van der Waals surface area contributed by atoms with Gasteiger partial charge in [-0.05, 0) is 48.7 Å². The van der Waals surface area contributed by atoms with Gasteiger partial charge in [0.05, 0.1) is 12.2 Å². The van der Waals surface area contributed by atoms with Crippen molar-refractivity contribution in [2.45, 2.75) is 68.9 Å². The van der Waals surface area contributed by atoms with E-state index in [2.05, 4.69) is 15.2 Å². The van der Waals surface area contributed by atoms with Crippen LogP contribution < -0.4 is 4.90 Å². The van der Waals surface area contributed by atoms with Gasteiger partial charge in [-0.1, -0.05) is 11.6 Å².